The zero-order chi connectivity index (χ0) is 8.06. The van der Waals surface area contributed by atoms with Gasteiger partial charge in [0.1, 0.15) is 0 Å². The first-order chi connectivity index (χ1) is 5.13. The highest BCUT2D eigenvalue weighted by Gasteiger charge is 2.56. The Labute approximate surface area is 64.4 Å². The molecule has 0 unspecified atom stereocenters. The first-order valence-corrected chi connectivity index (χ1v) is 4.05. The molecule has 0 aromatic heterocycles. The van der Waals surface area contributed by atoms with E-state index in [1.807, 2.05) is 0 Å². The molecule has 2 bridgehead atoms. The number of carboxylic acid groups (broad SMARTS) is 1. The minimum Gasteiger partial charge on any atom is -0.479 e. The fraction of sp³-hybridized carbons (Fsp3) is 0.875. The van der Waals surface area contributed by atoms with Gasteiger partial charge in [-0.2, -0.15) is 0 Å². The quantitative estimate of drug-likeness (QED) is 0.629. The van der Waals surface area contributed by atoms with Crippen LogP contribution in [0.15, 0.2) is 0 Å². The van der Waals surface area contributed by atoms with E-state index in [2.05, 4.69) is 0 Å². The maximum atomic E-state index is 13.5. The summed E-state index contributed by atoms with van der Waals surface area (Å²) in [6.45, 7) is 0. The van der Waals surface area contributed by atoms with E-state index in [1.165, 1.54) is 0 Å². The fourth-order valence-corrected chi connectivity index (χ4v) is 2.52. The standard InChI is InChI=1S/C8H11FO2/c9-8(7(10)11)4-5-1-2-6(8)3-5/h5-6H,1-4H2,(H,10,11)/t5-,6+,8-/m1/s1. The van der Waals surface area contributed by atoms with Crippen LogP contribution >= 0.6 is 0 Å². The third-order valence-corrected chi connectivity index (χ3v) is 3.13. The molecule has 0 heterocycles. The Bertz CT molecular complexity index is 204. The van der Waals surface area contributed by atoms with Gasteiger partial charge in [-0.25, -0.2) is 9.18 Å². The van der Waals surface area contributed by atoms with Gasteiger partial charge in [0.2, 0.25) is 5.67 Å². The monoisotopic (exact) mass is 158 g/mol. The van der Waals surface area contributed by atoms with Gasteiger partial charge in [0.05, 0.1) is 0 Å². The third-order valence-electron chi connectivity index (χ3n) is 3.13. The topological polar surface area (TPSA) is 37.3 Å². The minimum atomic E-state index is -1.87. The van der Waals surface area contributed by atoms with Gasteiger partial charge in [-0.1, -0.05) is 0 Å². The second-order valence-corrected chi connectivity index (χ2v) is 3.75. The van der Waals surface area contributed by atoms with Crippen molar-refractivity contribution in [2.75, 3.05) is 0 Å². The van der Waals surface area contributed by atoms with E-state index in [1.54, 1.807) is 0 Å². The highest BCUT2D eigenvalue weighted by Crippen LogP contribution is 2.52. The lowest BCUT2D eigenvalue weighted by molar-refractivity contribution is -0.154. The van der Waals surface area contributed by atoms with Crippen molar-refractivity contribution in [2.24, 2.45) is 11.8 Å². The number of aliphatic carboxylic acids is 1. The molecule has 0 aromatic carbocycles. The van der Waals surface area contributed by atoms with Crippen LogP contribution in [0.4, 0.5) is 4.39 Å². The van der Waals surface area contributed by atoms with Crippen molar-refractivity contribution >= 4 is 5.97 Å². The second kappa shape index (κ2) is 1.96. The van der Waals surface area contributed by atoms with Crippen molar-refractivity contribution in [1.29, 1.82) is 0 Å². The lowest BCUT2D eigenvalue weighted by atomic mass is 9.86. The number of carbonyl (C=O) groups is 1. The summed E-state index contributed by atoms with van der Waals surface area (Å²) in [5.41, 5.74) is -1.87. The van der Waals surface area contributed by atoms with E-state index in [0.717, 1.165) is 19.3 Å². The van der Waals surface area contributed by atoms with Crippen LogP contribution in [0.3, 0.4) is 0 Å². The van der Waals surface area contributed by atoms with Crippen molar-refractivity contribution in [1.82, 2.24) is 0 Å². The van der Waals surface area contributed by atoms with Crippen LogP contribution < -0.4 is 0 Å². The molecule has 62 valence electrons. The van der Waals surface area contributed by atoms with Crippen LogP contribution in [0.2, 0.25) is 0 Å². The number of hydrogen-bond acceptors (Lipinski definition) is 1. The van der Waals surface area contributed by atoms with E-state index in [0.29, 0.717) is 5.92 Å². The Kier molecular flexibility index (Phi) is 1.26. The normalized spacial score (nSPS) is 48.1. The summed E-state index contributed by atoms with van der Waals surface area (Å²) >= 11 is 0. The largest absolute Gasteiger partial charge is 0.479 e. The van der Waals surface area contributed by atoms with Crippen LogP contribution in [-0.2, 0) is 4.79 Å². The number of carboxylic acids is 1. The van der Waals surface area contributed by atoms with Crippen LogP contribution in [0.5, 0.6) is 0 Å². The van der Waals surface area contributed by atoms with E-state index in [-0.39, 0.29) is 12.3 Å². The highest BCUT2D eigenvalue weighted by molar-refractivity contribution is 5.78. The van der Waals surface area contributed by atoms with Gasteiger partial charge in [-0.05, 0) is 31.6 Å². The molecule has 0 saturated heterocycles. The predicted octanol–water partition coefficient (Wildman–Crippen LogP) is 1.60. The summed E-state index contributed by atoms with van der Waals surface area (Å²) < 4.78 is 13.5. The maximum absolute atomic E-state index is 13.5. The molecule has 2 nitrogen and oxygen atoms in total. The van der Waals surface area contributed by atoms with Crippen molar-refractivity contribution in [3.05, 3.63) is 0 Å². The maximum Gasteiger partial charge on any atom is 0.341 e. The number of hydrogen-bond donors (Lipinski definition) is 1. The molecule has 1 N–H and O–H groups in total. The Morgan fingerprint density at radius 1 is 1.55 bits per heavy atom. The van der Waals surface area contributed by atoms with E-state index in [4.69, 9.17) is 5.11 Å². The van der Waals surface area contributed by atoms with Gasteiger partial charge in [0.15, 0.2) is 0 Å². The zero-order valence-corrected chi connectivity index (χ0v) is 6.22. The van der Waals surface area contributed by atoms with E-state index >= 15 is 0 Å². The lowest BCUT2D eigenvalue weighted by Crippen LogP contribution is -2.38. The molecule has 0 amide bonds. The molecule has 3 heteroatoms. The molecule has 3 atom stereocenters. The van der Waals surface area contributed by atoms with Crippen molar-refractivity contribution in [3.8, 4) is 0 Å². The lowest BCUT2D eigenvalue weighted by Gasteiger charge is -2.24. The average molecular weight is 158 g/mol. The van der Waals surface area contributed by atoms with Crippen LogP contribution in [-0.4, -0.2) is 16.7 Å². The molecule has 2 rings (SSSR count). The molecule has 2 aliphatic rings. The van der Waals surface area contributed by atoms with Crippen LogP contribution in [0.1, 0.15) is 25.7 Å². The first-order valence-electron chi connectivity index (χ1n) is 4.05. The SMILES string of the molecule is O=C(O)[C@@]1(F)C[C@@H]2CC[C@H]1C2. The molecule has 2 aliphatic carbocycles. The highest BCUT2D eigenvalue weighted by atomic mass is 19.1. The fourth-order valence-electron chi connectivity index (χ4n) is 2.52. The second-order valence-electron chi connectivity index (χ2n) is 3.75. The third kappa shape index (κ3) is 0.798. The molecule has 0 aliphatic heterocycles. The molecule has 0 aromatic rings. The smallest absolute Gasteiger partial charge is 0.341 e. The van der Waals surface area contributed by atoms with E-state index in [9.17, 15) is 9.18 Å². The molecular weight excluding hydrogens is 147 g/mol. The van der Waals surface area contributed by atoms with Gasteiger partial charge >= 0.3 is 5.97 Å². The van der Waals surface area contributed by atoms with Gasteiger partial charge in [0, 0.05) is 5.92 Å². The molecule has 2 fully saturated rings. The average Bonchev–Trinajstić information content (AvgIpc) is 2.45. The summed E-state index contributed by atoms with van der Waals surface area (Å²) in [7, 11) is 0. The number of rotatable bonds is 1. The van der Waals surface area contributed by atoms with Crippen molar-refractivity contribution < 1.29 is 14.3 Å². The number of halogens is 1. The molecular formula is C8H11FO2. The Balaban J connectivity index is 2.23. The molecule has 0 spiro atoms. The first kappa shape index (κ1) is 7.07. The number of fused-ring (bicyclic) bond motifs is 2. The van der Waals surface area contributed by atoms with Crippen molar-refractivity contribution in [3.63, 3.8) is 0 Å². The molecule has 0 radical (unpaired) electrons. The van der Waals surface area contributed by atoms with Gasteiger partial charge in [-0.15, -0.1) is 0 Å². The zero-order valence-electron chi connectivity index (χ0n) is 6.22. The summed E-state index contributed by atoms with van der Waals surface area (Å²) in [5.74, 6) is -1.09. The summed E-state index contributed by atoms with van der Waals surface area (Å²) in [6.07, 6.45) is 2.85. The summed E-state index contributed by atoms with van der Waals surface area (Å²) in [6, 6.07) is 0. The van der Waals surface area contributed by atoms with Crippen LogP contribution in [0.25, 0.3) is 0 Å². The minimum absolute atomic E-state index is 0.190. The van der Waals surface area contributed by atoms with E-state index < -0.39 is 11.6 Å². The Morgan fingerprint density at radius 2 is 2.27 bits per heavy atom. The van der Waals surface area contributed by atoms with Gasteiger partial charge in [-0.3, -0.25) is 0 Å². The van der Waals surface area contributed by atoms with Crippen LogP contribution in [0, 0.1) is 11.8 Å². The molecule has 11 heavy (non-hydrogen) atoms. The van der Waals surface area contributed by atoms with Crippen molar-refractivity contribution in [2.45, 2.75) is 31.4 Å². The van der Waals surface area contributed by atoms with Gasteiger partial charge < -0.3 is 5.11 Å². The number of alkyl halides is 1. The Morgan fingerprint density at radius 3 is 2.55 bits per heavy atom. The molecule has 2 saturated carbocycles. The Hall–Kier alpha value is -0.600. The predicted molar refractivity (Wildman–Crippen MR) is 36.9 cm³/mol. The van der Waals surface area contributed by atoms with Gasteiger partial charge in [0.25, 0.3) is 0 Å². The summed E-state index contributed by atoms with van der Waals surface area (Å²) in [4.78, 5) is 10.5. The summed E-state index contributed by atoms with van der Waals surface area (Å²) in [5, 5.41) is 8.62.